The zero-order chi connectivity index (χ0) is 32.0. The third-order valence-electron chi connectivity index (χ3n) is 7.78. The van der Waals surface area contributed by atoms with Crippen molar-refractivity contribution in [1.82, 2.24) is 10.2 Å². The molecule has 2 amide bonds. The van der Waals surface area contributed by atoms with E-state index >= 15 is 0 Å². The van der Waals surface area contributed by atoms with Crippen LogP contribution in [0.4, 0.5) is 5.69 Å². The molecule has 1 atom stereocenters. The van der Waals surface area contributed by atoms with Gasteiger partial charge in [-0.1, -0.05) is 78.3 Å². The van der Waals surface area contributed by atoms with Crippen LogP contribution in [0.2, 0.25) is 15.1 Å². The number of aryl methyl sites for hydroxylation is 1. The molecule has 3 aromatic carbocycles. The summed E-state index contributed by atoms with van der Waals surface area (Å²) in [6.45, 7) is 2.88. The number of carbonyl (C=O) groups is 2. The first-order valence-electron chi connectivity index (χ1n) is 14.4. The molecule has 1 fully saturated rings. The highest BCUT2D eigenvalue weighted by Gasteiger charge is 2.36. The van der Waals surface area contributed by atoms with Crippen molar-refractivity contribution in [3.63, 3.8) is 0 Å². The molecule has 12 heteroatoms. The van der Waals surface area contributed by atoms with E-state index in [1.165, 1.54) is 36.3 Å². The maximum Gasteiger partial charge on any atom is 0.264 e. The second kappa shape index (κ2) is 14.9. The third-order valence-corrected chi connectivity index (χ3v) is 10.5. The second-order valence-electron chi connectivity index (χ2n) is 10.8. The van der Waals surface area contributed by atoms with E-state index in [2.05, 4.69) is 5.32 Å². The Bertz CT molecular complexity index is 1570. The summed E-state index contributed by atoms with van der Waals surface area (Å²) < 4.78 is 34.8. The second-order valence-corrected chi connectivity index (χ2v) is 13.9. The first-order valence-corrected chi connectivity index (χ1v) is 17.0. The van der Waals surface area contributed by atoms with Crippen LogP contribution < -0.4 is 14.4 Å². The van der Waals surface area contributed by atoms with Gasteiger partial charge in [0.2, 0.25) is 11.8 Å². The van der Waals surface area contributed by atoms with Crippen molar-refractivity contribution in [2.24, 2.45) is 0 Å². The molecule has 4 rings (SSSR count). The Morgan fingerprint density at radius 3 is 2.23 bits per heavy atom. The lowest BCUT2D eigenvalue weighted by atomic mass is 10.1. The largest absolute Gasteiger partial charge is 0.495 e. The van der Waals surface area contributed by atoms with E-state index in [4.69, 9.17) is 39.5 Å². The number of anilines is 1. The molecule has 1 aliphatic rings. The third kappa shape index (κ3) is 7.80. The Hall–Kier alpha value is -2.98. The Labute approximate surface area is 274 Å². The van der Waals surface area contributed by atoms with Gasteiger partial charge >= 0.3 is 0 Å². The van der Waals surface area contributed by atoms with Crippen LogP contribution in [0.15, 0.2) is 65.6 Å². The Morgan fingerprint density at radius 2 is 1.64 bits per heavy atom. The van der Waals surface area contributed by atoms with E-state index in [9.17, 15) is 18.0 Å². The highest BCUT2D eigenvalue weighted by molar-refractivity contribution is 7.92. The predicted molar refractivity (Wildman–Crippen MR) is 175 cm³/mol. The lowest BCUT2D eigenvalue weighted by Gasteiger charge is -2.34. The molecule has 8 nitrogen and oxygen atoms in total. The van der Waals surface area contributed by atoms with Crippen LogP contribution in [-0.2, 0) is 26.2 Å². The lowest BCUT2D eigenvalue weighted by molar-refractivity contribution is -0.140. The minimum atomic E-state index is -4.31. The molecular formula is C32H36Cl3N3O5S. The number of nitrogens with zero attached hydrogens (tertiary/aromatic N) is 2. The van der Waals surface area contributed by atoms with Gasteiger partial charge in [-0.3, -0.25) is 13.9 Å². The van der Waals surface area contributed by atoms with Gasteiger partial charge in [-0.25, -0.2) is 8.42 Å². The van der Waals surface area contributed by atoms with Crippen molar-refractivity contribution in [2.45, 2.75) is 69.5 Å². The van der Waals surface area contributed by atoms with E-state index < -0.39 is 28.5 Å². The van der Waals surface area contributed by atoms with E-state index in [0.717, 1.165) is 35.6 Å². The fourth-order valence-electron chi connectivity index (χ4n) is 5.35. The summed E-state index contributed by atoms with van der Waals surface area (Å²) in [6.07, 6.45) is 4.05. The van der Waals surface area contributed by atoms with E-state index in [-0.39, 0.29) is 46.3 Å². The number of sulfonamides is 1. The highest BCUT2D eigenvalue weighted by Crippen LogP contribution is 2.35. The van der Waals surface area contributed by atoms with Crippen molar-refractivity contribution in [3.05, 3.63) is 86.9 Å². The fraction of sp³-hybridized carbons (Fsp3) is 0.375. The van der Waals surface area contributed by atoms with Crippen molar-refractivity contribution < 1.29 is 22.7 Å². The minimum absolute atomic E-state index is 0.0199. The summed E-state index contributed by atoms with van der Waals surface area (Å²) >= 11 is 19.3. The highest BCUT2D eigenvalue weighted by atomic mass is 35.5. The van der Waals surface area contributed by atoms with Gasteiger partial charge in [-0.2, -0.15) is 0 Å². The summed E-state index contributed by atoms with van der Waals surface area (Å²) in [7, 11) is -2.91. The van der Waals surface area contributed by atoms with Crippen molar-refractivity contribution in [2.75, 3.05) is 18.0 Å². The first-order chi connectivity index (χ1) is 21.0. The number of rotatable bonds is 12. The van der Waals surface area contributed by atoms with Crippen LogP contribution in [0.5, 0.6) is 5.75 Å². The molecule has 0 aromatic heterocycles. The number of amides is 2. The molecule has 0 saturated heterocycles. The first kappa shape index (κ1) is 33.9. The van der Waals surface area contributed by atoms with Crippen LogP contribution in [0, 0.1) is 6.92 Å². The number of nitrogens with one attached hydrogen (secondary N) is 1. The van der Waals surface area contributed by atoms with Gasteiger partial charge < -0.3 is 15.0 Å². The number of benzene rings is 3. The molecular weight excluding hydrogens is 645 g/mol. The average molecular weight is 681 g/mol. The molecule has 0 aliphatic heterocycles. The zero-order valence-electron chi connectivity index (χ0n) is 24.9. The smallest absolute Gasteiger partial charge is 0.264 e. The van der Waals surface area contributed by atoms with E-state index in [1.807, 2.05) is 6.92 Å². The molecule has 1 N–H and O–H groups in total. The summed E-state index contributed by atoms with van der Waals surface area (Å²) in [5.41, 5.74) is 1.39. The van der Waals surface area contributed by atoms with Crippen LogP contribution in [0.1, 0.15) is 50.2 Å². The number of halogens is 3. The van der Waals surface area contributed by atoms with Gasteiger partial charge in [0.25, 0.3) is 10.0 Å². The Morgan fingerprint density at radius 1 is 1.00 bits per heavy atom. The van der Waals surface area contributed by atoms with E-state index in [0.29, 0.717) is 15.6 Å². The van der Waals surface area contributed by atoms with Crippen LogP contribution in [0.3, 0.4) is 0 Å². The fourth-order valence-corrected chi connectivity index (χ4v) is 7.45. The minimum Gasteiger partial charge on any atom is -0.495 e. The van der Waals surface area contributed by atoms with Gasteiger partial charge in [0.15, 0.2) is 0 Å². The lowest BCUT2D eigenvalue weighted by Crippen LogP contribution is -2.53. The topological polar surface area (TPSA) is 96.0 Å². The number of ether oxygens (including phenoxy) is 1. The van der Waals surface area contributed by atoms with Crippen LogP contribution in [-0.4, -0.2) is 50.9 Å². The standard InChI is InChI=1S/C32H36Cl3N3O5S/c1-4-28(32(40)36-23-8-5-6-9-23)37(19-25-26(34)10-7-11-27(25)35)31(39)20-38(29-18-22(33)14-17-30(29)43-3)44(41,42)24-15-12-21(2)13-16-24/h7,10-18,23,28H,4-6,8-9,19-20H2,1-3H3,(H,36,40)/t28-/m0/s1. The van der Waals surface area contributed by atoms with Crippen molar-refractivity contribution in [3.8, 4) is 5.75 Å². The van der Waals surface area contributed by atoms with Crippen molar-refractivity contribution >= 4 is 62.3 Å². The molecule has 44 heavy (non-hydrogen) atoms. The van der Waals surface area contributed by atoms with Gasteiger partial charge in [-0.05, 0) is 68.7 Å². The number of methoxy groups -OCH3 is 1. The molecule has 1 saturated carbocycles. The normalized spacial score (nSPS) is 14.2. The molecule has 3 aromatic rings. The molecule has 0 spiro atoms. The van der Waals surface area contributed by atoms with Gasteiger partial charge in [0.1, 0.15) is 18.3 Å². The maximum absolute atomic E-state index is 14.4. The van der Waals surface area contributed by atoms with Crippen molar-refractivity contribution in [1.29, 1.82) is 0 Å². The molecule has 0 unspecified atom stereocenters. The molecule has 0 radical (unpaired) electrons. The van der Waals surface area contributed by atoms with Crippen LogP contribution in [0.25, 0.3) is 0 Å². The van der Waals surface area contributed by atoms with Gasteiger partial charge in [0.05, 0.1) is 17.7 Å². The monoisotopic (exact) mass is 679 g/mol. The molecule has 236 valence electrons. The Kier molecular flexibility index (Phi) is 11.5. The maximum atomic E-state index is 14.4. The summed E-state index contributed by atoms with van der Waals surface area (Å²) in [6, 6.07) is 14.9. The predicted octanol–water partition coefficient (Wildman–Crippen LogP) is 7.03. The summed E-state index contributed by atoms with van der Waals surface area (Å²) in [4.78, 5) is 29.4. The number of carbonyl (C=O) groups excluding carboxylic acids is 2. The quantitative estimate of drug-likeness (QED) is 0.222. The van der Waals surface area contributed by atoms with Crippen LogP contribution >= 0.6 is 34.8 Å². The molecule has 0 bridgehead atoms. The summed E-state index contributed by atoms with van der Waals surface area (Å²) in [5, 5.41) is 3.98. The summed E-state index contributed by atoms with van der Waals surface area (Å²) in [5.74, 6) is -0.749. The SMILES string of the molecule is CC[C@@H](C(=O)NC1CCCC1)N(Cc1c(Cl)cccc1Cl)C(=O)CN(c1cc(Cl)ccc1OC)S(=O)(=O)c1ccc(C)cc1. The number of hydrogen-bond donors (Lipinski definition) is 1. The number of hydrogen-bond acceptors (Lipinski definition) is 5. The zero-order valence-corrected chi connectivity index (χ0v) is 27.9. The molecule has 0 heterocycles. The average Bonchev–Trinajstić information content (AvgIpc) is 3.50. The van der Waals surface area contributed by atoms with Gasteiger partial charge in [-0.15, -0.1) is 0 Å². The van der Waals surface area contributed by atoms with Gasteiger partial charge in [0, 0.05) is 33.2 Å². The molecule has 1 aliphatic carbocycles. The van der Waals surface area contributed by atoms with E-state index in [1.54, 1.807) is 43.3 Å². The Balaban J connectivity index is 1.80.